The first-order valence-electron chi connectivity index (χ1n) is 12.8. The summed E-state index contributed by atoms with van der Waals surface area (Å²) in [5, 5.41) is 12.3. The normalized spacial score (nSPS) is 23.6. The van der Waals surface area contributed by atoms with Gasteiger partial charge in [-0.1, -0.05) is 0 Å². The quantitative estimate of drug-likeness (QED) is 0.594. The molecule has 12 heteroatoms. The summed E-state index contributed by atoms with van der Waals surface area (Å²) in [5.74, 6) is 2.26. The summed E-state index contributed by atoms with van der Waals surface area (Å²) >= 11 is 1.74. The molecule has 200 valence electrons. The third kappa shape index (κ3) is 5.74. The molecule has 0 aliphatic carbocycles. The topological polar surface area (TPSA) is 96.7 Å². The number of rotatable bonds is 4. The fraction of sp³-hybridized carbons (Fsp3) is 0.640. The Balaban J connectivity index is 1.26. The molecule has 0 bridgehead atoms. The zero-order valence-electron chi connectivity index (χ0n) is 21.5. The van der Waals surface area contributed by atoms with Crippen LogP contribution in [0.3, 0.4) is 0 Å². The number of likely N-dealkylation sites (tertiary alicyclic amines) is 2. The van der Waals surface area contributed by atoms with Crippen molar-refractivity contribution in [3.8, 4) is 5.69 Å². The molecule has 0 saturated carbocycles. The number of benzene rings is 1. The van der Waals surface area contributed by atoms with Crippen LogP contribution in [0.2, 0.25) is 0 Å². The Hall–Kier alpha value is -2.73. The van der Waals surface area contributed by atoms with Gasteiger partial charge in [-0.2, -0.15) is 4.68 Å². The van der Waals surface area contributed by atoms with E-state index in [4.69, 9.17) is 4.74 Å². The number of carbonyl (C=O) groups is 2. The van der Waals surface area contributed by atoms with Gasteiger partial charge >= 0.3 is 6.09 Å². The van der Waals surface area contributed by atoms with Gasteiger partial charge in [0.1, 0.15) is 17.5 Å². The van der Waals surface area contributed by atoms with Gasteiger partial charge in [0.05, 0.1) is 11.6 Å². The maximum atomic E-state index is 13.4. The van der Waals surface area contributed by atoms with E-state index in [1.165, 1.54) is 12.1 Å². The maximum Gasteiger partial charge on any atom is 0.411 e. The van der Waals surface area contributed by atoms with Crippen molar-refractivity contribution in [3.05, 3.63) is 35.9 Å². The van der Waals surface area contributed by atoms with E-state index in [0.29, 0.717) is 18.8 Å². The molecule has 10 nitrogen and oxygen atoms in total. The lowest BCUT2D eigenvalue weighted by molar-refractivity contribution is -0.134. The Morgan fingerprint density at radius 2 is 1.84 bits per heavy atom. The highest BCUT2D eigenvalue weighted by Gasteiger charge is 2.45. The lowest BCUT2D eigenvalue weighted by atomic mass is 9.94. The van der Waals surface area contributed by atoms with Gasteiger partial charge in [0.15, 0.2) is 5.82 Å². The minimum absolute atomic E-state index is 0.0201. The van der Waals surface area contributed by atoms with Crippen LogP contribution in [-0.4, -0.2) is 102 Å². The van der Waals surface area contributed by atoms with Crippen molar-refractivity contribution in [1.82, 2.24) is 34.9 Å². The van der Waals surface area contributed by atoms with Gasteiger partial charge in [-0.25, -0.2) is 9.18 Å². The molecule has 3 aliphatic rings. The van der Waals surface area contributed by atoms with E-state index in [1.54, 1.807) is 33.5 Å². The molecule has 5 rings (SSSR count). The second kappa shape index (κ2) is 10.6. The van der Waals surface area contributed by atoms with Crippen molar-refractivity contribution in [2.24, 2.45) is 0 Å². The van der Waals surface area contributed by atoms with Crippen LogP contribution in [0.4, 0.5) is 9.18 Å². The van der Waals surface area contributed by atoms with Gasteiger partial charge < -0.3 is 9.64 Å². The number of piperidine rings is 1. The van der Waals surface area contributed by atoms with Crippen molar-refractivity contribution in [2.75, 3.05) is 37.8 Å². The third-order valence-electron chi connectivity index (χ3n) is 7.23. The highest BCUT2D eigenvalue weighted by molar-refractivity contribution is 7.99. The molecule has 2 aromatic rings. The van der Waals surface area contributed by atoms with Crippen LogP contribution in [0.15, 0.2) is 24.3 Å². The van der Waals surface area contributed by atoms with Crippen LogP contribution in [0.1, 0.15) is 51.8 Å². The molecule has 2 amide bonds. The summed E-state index contributed by atoms with van der Waals surface area (Å²) in [5.41, 5.74) is 0.105. The SMILES string of the molecule is CC(C)(C)OC(=O)N1C[C@@H](N2CCC(c3nnnn3-c3ccc(F)cc3)CC2)C[C@H]1C(=O)N1CCSC1. The van der Waals surface area contributed by atoms with Crippen molar-refractivity contribution < 1.29 is 18.7 Å². The molecule has 4 heterocycles. The van der Waals surface area contributed by atoms with Crippen molar-refractivity contribution in [2.45, 2.75) is 63.6 Å². The summed E-state index contributed by atoms with van der Waals surface area (Å²) in [7, 11) is 0. The summed E-state index contributed by atoms with van der Waals surface area (Å²) in [6.07, 6.45) is 1.89. The van der Waals surface area contributed by atoms with E-state index in [0.717, 1.165) is 49.7 Å². The Kier molecular flexibility index (Phi) is 7.39. The number of carbonyl (C=O) groups excluding carboxylic acids is 2. The van der Waals surface area contributed by atoms with E-state index in [1.807, 2.05) is 25.7 Å². The Morgan fingerprint density at radius 1 is 1.11 bits per heavy atom. The predicted molar refractivity (Wildman–Crippen MR) is 137 cm³/mol. The summed E-state index contributed by atoms with van der Waals surface area (Å²) in [6.45, 7) is 8.36. The number of amides is 2. The molecule has 0 unspecified atom stereocenters. The third-order valence-corrected chi connectivity index (χ3v) is 8.20. The zero-order chi connectivity index (χ0) is 26.2. The van der Waals surface area contributed by atoms with Crippen LogP contribution in [0.25, 0.3) is 5.69 Å². The summed E-state index contributed by atoms with van der Waals surface area (Å²) in [4.78, 5) is 32.3. The molecule has 0 N–H and O–H groups in total. The minimum atomic E-state index is -0.626. The molecule has 2 atom stereocenters. The van der Waals surface area contributed by atoms with E-state index in [2.05, 4.69) is 20.4 Å². The number of thioether (sulfide) groups is 1. The largest absolute Gasteiger partial charge is 0.444 e. The van der Waals surface area contributed by atoms with Gasteiger partial charge in [0.2, 0.25) is 5.91 Å². The minimum Gasteiger partial charge on any atom is -0.444 e. The Labute approximate surface area is 220 Å². The molecule has 3 aliphatic heterocycles. The van der Waals surface area contributed by atoms with E-state index in [-0.39, 0.29) is 23.7 Å². The molecule has 0 radical (unpaired) electrons. The first kappa shape index (κ1) is 25.9. The molecular formula is C25H34FN7O3S. The Bertz CT molecular complexity index is 1110. The van der Waals surface area contributed by atoms with Gasteiger partial charge in [-0.05, 0) is 87.8 Å². The highest BCUT2D eigenvalue weighted by Crippen LogP contribution is 2.33. The van der Waals surface area contributed by atoms with Crippen molar-refractivity contribution in [1.29, 1.82) is 0 Å². The number of nitrogens with zero attached hydrogens (tertiary/aromatic N) is 7. The van der Waals surface area contributed by atoms with Gasteiger partial charge in [0, 0.05) is 30.8 Å². The first-order valence-corrected chi connectivity index (χ1v) is 14.0. The monoisotopic (exact) mass is 531 g/mol. The fourth-order valence-electron chi connectivity index (χ4n) is 5.37. The lowest BCUT2D eigenvalue weighted by Crippen LogP contribution is -2.48. The smallest absolute Gasteiger partial charge is 0.411 e. The second-order valence-corrected chi connectivity index (χ2v) is 12.0. The standard InChI is InChI=1S/C25H34FN7O3S/c1-25(2,3)36-24(35)32-15-20(14-21(32)23(34)31-12-13-37-16-31)30-10-8-17(9-11-30)22-27-28-29-33(22)19-6-4-18(26)5-7-19/h4-7,17,20-21H,8-16H2,1-3H3/t20-,21-/m0/s1. The van der Waals surface area contributed by atoms with Crippen LogP contribution < -0.4 is 0 Å². The Morgan fingerprint density at radius 3 is 2.49 bits per heavy atom. The number of hydrogen-bond donors (Lipinski definition) is 0. The lowest BCUT2D eigenvalue weighted by Gasteiger charge is -2.35. The van der Waals surface area contributed by atoms with E-state index >= 15 is 0 Å². The summed E-state index contributed by atoms with van der Waals surface area (Å²) in [6, 6.07) is 5.73. The molecule has 0 spiro atoms. The first-order chi connectivity index (χ1) is 17.7. The second-order valence-electron chi connectivity index (χ2n) is 10.9. The summed E-state index contributed by atoms with van der Waals surface area (Å²) < 4.78 is 20.7. The molecule has 37 heavy (non-hydrogen) atoms. The van der Waals surface area contributed by atoms with Crippen LogP contribution in [-0.2, 0) is 9.53 Å². The number of tetrazole rings is 1. The van der Waals surface area contributed by atoms with E-state index < -0.39 is 17.7 Å². The number of aromatic nitrogens is 4. The average molecular weight is 532 g/mol. The molecule has 3 fully saturated rings. The van der Waals surface area contributed by atoms with Crippen molar-refractivity contribution in [3.63, 3.8) is 0 Å². The molecule has 3 saturated heterocycles. The van der Waals surface area contributed by atoms with Gasteiger partial charge in [-0.15, -0.1) is 16.9 Å². The molecule has 1 aromatic carbocycles. The number of halogens is 1. The number of ether oxygens (including phenoxy) is 1. The highest BCUT2D eigenvalue weighted by atomic mass is 32.2. The molecule has 1 aromatic heterocycles. The van der Waals surface area contributed by atoms with Gasteiger partial charge in [0.25, 0.3) is 0 Å². The van der Waals surface area contributed by atoms with Crippen LogP contribution in [0.5, 0.6) is 0 Å². The zero-order valence-corrected chi connectivity index (χ0v) is 22.4. The van der Waals surface area contributed by atoms with E-state index in [9.17, 15) is 14.0 Å². The fourth-order valence-corrected chi connectivity index (χ4v) is 6.33. The number of hydrogen-bond acceptors (Lipinski definition) is 8. The van der Waals surface area contributed by atoms with Gasteiger partial charge in [-0.3, -0.25) is 14.6 Å². The maximum absolute atomic E-state index is 13.4. The predicted octanol–water partition coefficient (Wildman–Crippen LogP) is 2.89. The van der Waals surface area contributed by atoms with Crippen LogP contribution >= 0.6 is 11.8 Å². The van der Waals surface area contributed by atoms with Crippen LogP contribution in [0, 0.1) is 5.82 Å². The average Bonchev–Trinajstić information content (AvgIpc) is 3.64. The molecular weight excluding hydrogens is 497 g/mol. The van der Waals surface area contributed by atoms with Crippen molar-refractivity contribution >= 4 is 23.8 Å².